The number of furan rings is 1. The molecule has 0 saturated heterocycles. The zero-order chi connectivity index (χ0) is 31.8. The fraction of sp³-hybridized carbons (Fsp3) is 0.0213. The summed E-state index contributed by atoms with van der Waals surface area (Å²) in [4.78, 5) is 0. The third kappa shape index (κ3) is 3.04. The molecule has 0 aliphatic heterocycles. The summed E-state index contributed by atoms with van der Waals surface area (Å²) >= 11 is 0. The van der Waals surface area contributed by atoms with Gasteiger partial charge in [-0.05, 0) is 80.2 Å². The highest BCUT2D eigenvalue weighted by Gasteiger charge is 2.51. The minimum absolute atomic E-state index is 0.387. The van der Waals surface area contributed by atoms with Crippen LogP contribution < -0.4 is 0 Å². The number of rotatable bonds is 1. The zero-order valence-corrected chi connectivity index (χ0v) is 26.4. The predicted molar refractivity (Wildman–Crippen MR) is 202 cm³/mol. The maximum absolute atomic E-state index is 6.89. The van der Waals surface area contributed by atoms with Crippen LogP contribution in [0.1, 0.15) is 22.3 Å². The van der Waals surface area contributed by atoms with Gasteiger partial charge in [-0.15, -0.1) is 0 Å². The Morgan fingerprint density at radius 3 is 1.73 bits per heavy atom. The molecule has 0 fully saturated rings. The van der Waals surface area contributed by atoms with Crippen molar-refractivity contribution in [1.82, 2.24) is 4.57 Å². The quantitative estimate of drug-likeness (QED) is 0.178. The number of nitrogens with zero attached hydrogens (tertiary/aromatic N) is 1. The standard InChI is InChI=1S/C47H27NO/c1-2-12-30-28(11-1)21-23-36-34-16-6-10-20-43(34)48(46(30)36)29-22-24-35-38-26-37-33-15-5-9-19-41(33)47(42(37)27-45(38)49-44(35)25-29)39-17-7-3-13-31(39)32-14-4-8-18-40(32)47/h1-27H. The van der Waals surface area contributed by atoms with Gasteiger partial charge in [-0.2, -0.15) is 0 Å². The first-order chi connectivity index (χ1) is 24.3. The minimum Gasteiger partial charge on any atom is -0.456 e. The molecule has 2 aliphatic carbocycles. The third-order valence-electron chi connectivity index (χ3n) is 11.4. The maximum Gasteiger partial charge on any atom is 0.137 e. The molecular weight excluding hydrogens is 595 g/mol. The summed E-state index contributed by atoms with van der Waals surface area (Å²) in [7, 11) is 0. The lowest BCUT2D eigenvalue weighted by molar-refractivity contribution is 0.666. The van der Waals surface area contributed by atoms with E-state index in [1.165, 1.54) is 77.1 Å². The van der Waals surface area contributed by atoms with Gasteiger partial charge in [-0.25, -0.2) is 0 Å². The normalized spacial score (nSPS) is 13.9. The third-order valence-corrected chi connectivity index (χ3v) is 11.4. The largest absolute Gasteiger partial charge is 0.456 e. The van der Waals surface area contributed by atoms with E-state index in [0.29, 0.717) is 0 Å². The molecule has 0 radical (unpaired) electrons. The second-order valence-electron chi connectivity index (χ2n) is 13.6. The maximum atomic E-state index is 6.89. The van der Waals surface area contributed by atoms with Crippen LogP contribution in [0.2, 0.25) is 0 Å². The average Bonchev–Trinajstić information content (AvgIpc) is 3.87. The number of aromatic nitrogens is 1. The van der Waals surface area contributed by atoms with Crippen molar-refractivity contribution in [3.63, 3.8) is 0 Å². The van der Waals surface area contributed by atoms with E-state index in [9.17, 15) is 0 Å². The summed E-state index contributed by atoms with van der Waals surface area (Å²) in [5.41, 5.74) is 15.5. The fourth-order valence-corrected chi connectivity index (χ4v) is 9.49. The van der Waals surface area contributed by atoms with Gasteiger partial charge in [0.25, 0.3) is 0 Å². The van der Waals surface area contributed by atoms with Crippen LogP contribution in [-0.2, 0) is 5.41 Å². The van der Waals surface area contributed by atoms with Crippen molar-refractivity contribution in [3.8, 4) is 27.9 Å². The average molecular weight is 622 g/mol. The molecule has 1 spiro atoms. The molecule has 2 aromatic heterocycles. The summed E-state index contributed by atoms with van der Waals surface area (Å²) in [6, 6.07) is 60.3. The highest BCUT2D eigenvalue weighted by atomic mass is 16.3. The van der Waals surface area contributed by atoms with Crippen LogP contribution >= 0.6 is 0 Å². The van der Waals surface area contributed by atoms with E-state index >= 15 is 0 Å². The first-order valence-electron chi connectivity index (χ1n) is 17.0. The first-order valence-corrected chi connectivity index (χ1v) is 17.0. The molecule has 226 valence electrons. The van der Waals surface area contributed by atoms with Gasteiger partial charge in [0.1, 0.15) is 11.2 Å². The lowest BCUT2D eigenvalue weighted by atomic mass is 9.70. The number of hydrogen-bond donors (Lipinski definition) is 0. The zero-order valence-electron chi connectivity index (χ0n) is 26.4. The Hall–Kier alpha value is -6.38. The Kier molecular flexibility index (Phi) is 4.69. The van der Waals surface area contributed by atoms with E-state index in [0.717, 1.165) is 27.6 Å². The number of hydrogen-bond acceptors (Lipinski definition) is 1. The molecule has 0 amide bonds. The van der Waals surface area contributed by atoms with E-state index in [-0.39, 0.29) is 5.41 Å². The first kappa shape index (κ1) is 25.7. The Bertz CT molecular complexity index is 3020. The molecule has 0 N–H and O–H groups in total. The Morgan fingerprint density at radius 1 is 0.388 bits per heavy atom. The second-order valence-corrected chi connectivity index (χ2v) is 13.6. The van der Waals surface area contributed by atoms with Crippen molar-refractivity contribution in [2.24, 2.45) is 0 Å². The van der Waals surface area contributed by atoms with Gasteiger partial charge in [0.2, 0.25) is 0 Å². The van der Waals surface area contributed by atoms with Crippen LogP contribution in [0.25, 0.3) is 82.5 Å². The fourth-order valence-electron chi connectivity index (χ4n) is 9.49. The van der Waals surface area contributed by atoms with Gasteiger partial charge in [0.15, 0.2) is 0 Å². The van der Waals surface area contributed by atoms with Gasteiger partial charge in [0.05, 0.1) is 16.4 Å². The van der Waals surface area contributed by atoms with Gasteiger partial charge < -0.3 is 8.98 Å². The lowest BCUT2D eigenvalue weighted by Gasteiger charge is -2.30. The van der Waals surface area contributed by atoms with Gasteiger partial charge in [0, 0.05) is 38.7 Å². The van der Waals surface area contributed by atoms with Crippen LogP contribution in [-0.4, -0.2) is 4.57 Å². The summed E-state index contributed by atoms with van der Waals surface area (Å²) in [6.45, 7) is 0. The molecule has 2 heterocycles. The molecule has 12 rings (SSSR count). The van der Waals surface area contributed by atoms with E-state index in [1.807, 2.05) is 0 Å². The van der Waals surface area contributed by atoms with Gasteiger partial charge >= 0.3 is 0 Å². The van der Waals surface area contributed by atoms with Crippen molar-refractivity contribution in [3.05, 3.63) is 186 Å². The van der Waals surface area contributed by atoms with Crippen molar-refractivity contribution in [2.75, 3.05) is 0 Å². The van der Waals surface area contributed by atoms with E-state index in [2.05, 4.69) is 168 Å². The smallest absolute Gasteiger partial charge is 0.137 e. The van der Waals surface area contributed by atoms with Gasteiger partial charge in [-0.3, -0.25) is 0 Å². The molecule has 0 unspecified atom stereocenters. The molecule has 10 aromatic rings. The Balaban J connectivity index is 1.15. The topological polar surface area (TPSA) is 18.1 Å². The summed E-state index contributed by atoms with van der Waals surface area (Å²) in [5.74, 6) is 0. The number of para-hydroxylation sites is 1. The number of fused-ring (bicyclic) bond motifs is 18. The minimum atomic E-state index is -0.387. The van der Waals surface area contributed by atoms with E-state index in [4.69, 9.17) is 4.42 Å². The summed E-state index contributed by atoms with van der Waals surface area (Å²) < 4.78 is 9.31. The monoisotopic (exact) mass is 621 g/mol. The Labute approximate surface area is 282 Å². The van der Waals surface area contributed by atoms with Crippen LogP contribution in [0.5, 0.6) is 0 Å². The van der Waals surface area contributed by atoms with Crippen LogP contribution in [0.15, 0.2) is 168 Å². The molecule has 2 heteroatoms. The molecule has 2 aliphatic rings. The molecule has 8 aromatic carbocycles. The van der Waals surface area contributed by atoms with Crippen molar-refractivity contribution >= 4 is 54.5 Å². The summed E-state index contributed by atoms with van der Waals surface area (Å²) in [6.07, 6.45) is 0. The van der Waals surface area contributed by atoms with Crippen molar-refractivity contribution in [1.29, 1.82) is 0 Å². The van der Waals surface area contributed by atoms with Crippen molar-refractivity contribution < 1.29 is 4.42 Å². The molecule has 0 atom stereocenters. The lowest BCUT2D eigenvalue weighted by Crippen LogP contribution is -2.25. The van der Waals surface area contributed by atoms with Crippen molar-refractivity contribution in [2.45, 2.75) is 5.41 Å². The van der Waals surface area contributed by atoms with Crippen LogP contribution in [0.4, 0.5) is 0 Å². The van der Waals surface area contributed by atoms with Gasteiger partial charge in [-0.1, -0.05) is 127 Å². The predicted octanol–water partition coefficient (Wildman–Crippen LogP) is 12.2. The molecule has 49 heavy (non-hydrogen) atoms. The Morgan fingerprint density at radius 2 is 0.980 bits per heavy atom. The molecule has 0 bridgehead atoms. The highest BCUT2D eigenvalue weighted by molar-refractivity contribution is 6.19. The number of benzene rings is 8. The van der Waals surface area contributed by atoms with E-state index < -0.39 is 0 Å². The summed E-state index contributed by atoms with van der Waals surface area (Å²) in [5, 5.41) is 7.29. The second kappa shape index (κ2) is 8.94. The van der Waals surface area contributed by atoms with Crippen LogP contribution in [0, 0.1) is 0 Å². The molecular formula is C47H27NO. The SMILES string of the molecule is c1ccc2c(c1)-c1ccccc1C21c2ccccc2-c2cc3c(cc21)oc1cc(-n2c4ccccc4c4ccc5ccccc5c42)ccc13. The molecule has 0 saturated carbocycles. The molecule has 2 nitrogen and oxygen atoms in total. The van der Waals surface area contributed by atoms with E-state index in [1.54, 1.807) is 0 Å². The highest BCUT2D eigenvalue weighted by Crippen LogP contribution is 2.63. The van der Waals surface area contributed by atoms with Crippen LogP contribution in [0.3, 0.4) is 0 Å².